The first kappa shape index (κ1) is 18.7. The number of hydrogen-bond acceptors (Lipinski definition) is 4. The van der Waals surface area contributed by atoms with Gasteiger partial charge in [0.25, 0.3) is 0 Å². The number of carbonyl (C=O) groups is 2. The Morgan fingerprint density at radius 1 is 1.24 bits per heavy atom. The van der Waals surface area contributed by atoms with Crippen molar-refractivity contribution >= 4 is 11.9 Å². The fourth-order valence-corrected chi connectivity index (χ4v) is 2.31. The van der Waals surface area contributed by atoms with Gasteiger partial charge in [0.15, 0.2) is 5.89 Å². The number of aromatic nitrogens is 1. The fraction of sp³-hybridized carbons (Fsp3) is 0.421. The van der Waals surface area contributed by atoms with E-state index < -0.39 is 12.0 Å². The maximum atomic E-state index is 12.1. The zero-order chi connectivity index (χ0) is 18.4. The summed E-state index contributed by atoms with van der Waals surface area (Å²) < 4.78 is 5.64. The standard InChI is InChI=1S/C19H24N2O4/c1-19(2,3)15-12-20-17(25-15)10-9-16(22)21-14(18(23)24)11-13-7-5-4-6-8-13/h4-8,12,14H,9-11H2,1-3H3,(H,21,22)(H,23,24)/t14-/m1/s1. The van der Waals surface area contributed by atoms with Crippen LogP contribution in [0.2, 0.25) is 0 Å². The molecule has 134 valence electrons. The summed E-state index contributed by atoms with van der Waals surface area (Å²) in [5, 5.41) is 11.9. The molecule has 0 unspecified atom stereocenters. The molecule has 1 aromatic carbocycles. The van der Waals surface area contributed by atoms with Crippen molar-refractivity contribution in [2.24, 2.45) is 0 Å². The number of carboxylic acids is 1. The lowest BCUT2D eigenvalue weighted by Gasteiger charge is -2.14. The van der Waals surface area contributed by atoms with E-state index in [1.54, 1.807) is 6.20 Å². The minimum atomic E-state index is -1.05. The van der Waals surface area contributed by atoms with Gasteiger partial charge in [0, 0.05) is 24.7 Å². The van der Waals surface area contributed by atoms with Crippen molar-refractivity contribution in [3.63, 3.8) is 0 Å². The molecule has 6 nitrogen and oxygen atoms in total. The second kappa shape index (κ2) is 7.96. The predicted octanol–water partition coefficient (Wildman–Crippen LogP) is 2.72. The van der Waals surface area contributed by atoms with Crippen LogP contribution in [0.4, 0.5) is 0 Å². The van der Waals surface area contributed by atoms with Gasteiger partial charge >= 0.3 is 5.97 Å². The molecule has 0 aliphatic carbocycles. The molecule has 0 aliphatic heterocycles. The van der Waals surface area contributed by atoms with Crippen LogP contribution in [0, 0.1) is 0 Å². The van der Waals surface area contributed by atoms with Gasteiger partial charge in [-0.25, -0.2) is 9.78 Å². The van der Waals surface area contributed by atoms with E-state index in [1.165, 1.54) is 0 Å². The third-order valence-corrected chi connectivity index (χ3v) is 3.77. The zero-order valence-electron chi connectivity index (χ0n) is 14.8. The van der Waals surface area contributed by atoms with Crippen molar-refractivity contribution in [1.82, 2.24) is 10.3 Å². The Labute approximate surface area is 147 Å². The Hall–Kier alpha value is -2.63. The van der Waals surface area contributed by atoms with Crippen LogP contribution in [0.1, 0.15) is 44.4 Å². The predicted molar refractivity (Wildman–Crippen MR) is 93.2 cm³/mol. The van der Waals surface area contributed by atoms with E-state index in [0.717, 1.165) is 11.3 Å². The molecule has 0 saturated heterocycles. The monoisotopic (exact) mass is 344 g/mol. The highest BCUT2D eigenvalue weighted by Gasteiger charge is 2.22. The summed E-state index contributed by atoms with van der Waals surface area (Å²) in [7, 11) is 0. The van der Waals surface area contributed by atoms with E-state index in [0.29, 0.717) is 12.3 Å². The lowest BCUT2D eigenvalue weighted by atomic mass is 9.94. The molecule has 0 fully saturated rings. The third-order valence-electron chi connectivity index (χ3n) is 3.77. The number of rotatable bonds is 7. The molecule has 1 atom stereocenters. The smallest absolute Gasteiger partial charge is 0.326 e. The van der Waals surface area contributed by atoms with Gasteiger partial charge < -0.3 is 14.8 Å². The maximum Gasteiger partial charge on any atom is 0.326 e. The molecule has 2 rings (SSSR count). The van der Waals surface area contributed by atoms with Gasteiger partial charge in [-0.15, -0.1) is 0 Å². The first-order valence-corrected chi connectivity index (χ1v) is 8.27. The molecule has 0 aliphatic rings. The van der Waals surface area contributed by atoms with E-state index >= 15 is 0 Å². The summed E-state index contributed by atoms with van der Waals surface area (Å²) in [6.45, 7) is 6.06. The van der Waals surface area contributed by atoms with E-state index in [4.69, 9.17) is 4.42 Å². The van der Waals surface area contributed by atoms with Crippen LogP contribution in [0.15, 0.2) is 40.9 Å². The largest absolute Gasteiger partial charge is 0.480 e. The summed E-state index contributed by atoms with van der Waals surface area (Å²) in [5.74, 6) is -0.146. The molecule has 0 spiro atoms. The third kappa shape index (κ3) is 5.74. The topological polar surface area (TPSA) is 92.4 Å². The summed E-state index contributed by atoms with van der Waals surface area (Å²) >= 11 is 0. The number of carboxylic acid groups (broad SMARTS) is 1. The second-order valence-corrected chi connectivity index (χ2v) is 7.02. The van der Waals surface area contributed by atoms with Crippen molar-refractivity contribution in [2.75, 3.05) is 0 Å². The van der Waals surface area contributed by atoms with Crippen LogP contribution in [0.3, 0.4) is 0 Å². The molecular weight excluding hydrogens is 320 g/mol. The van der Waals surface area contributed by atoms with Crippen LogP contribution in [-0.2, 0) is 27.8 Å². The number of amides is 1. The number of aliphatic carboxylic acids is 1. The van der Waals surface area contributed by atoms with Crippen molar-refractivity contribution in [1.29, 1.82) is 0 Å². The van der Waals surface area contributed by atoms with E-state index in [1.807, 2.05) is 51.1 Å². The van der Waals surface area contributed by atoms with Gasteiger partial charge in [-0.2, -0.15) is 0 Å². The van der Waals surface area contributed by atoms with Gasteiger partial charge in [-0.3, -0.25) is 4.79 Å². The summed E-state index contributed by atoms with van der Waals surface area (Å²) in [6.07, 6.45) is 2.38. The summed E-state index contributed by atoms with van der Waals surface area (Å²) in [4.78, 5) is 27.6. The number of nitrogens with one attached hydrogen (secondary N) is 1. The van der Waals surface area contributed by atoms with Crippen molar-refractivity contribution in [3.05, 3.63) is 53.7 Å². The minimum Gasteiger partial charge on any atom is -0.480 e. The molecule has 2 aromatic rings. The molecular formula is C19H24N2O4. The van der Waals surface area contributed by atoms with Crippen LogP contribution in [0.25, 0.3) is 0 Å². The average molecular weight is 344 g/mol. The quantitative estimate of drug-likeness (QED) is 0.806. The first-order valence-electron chi connectivity index (χ1n) is 8.27. The van der Waals surface area contributed by atoms with E-state index in [2.05, 4.69) is 10.3 Å². The van der Waals surface area contributed by atoms with Crippen LogP contribution in [-0.4, -0.2) is 28.0 Å². The minimum absolute atomic E-state index is 0.128. The molecule has 2 N–H and O–H groups in total. The lowest BCUT2D eigenvalue weighted by molar-refractivity contribution is -0.141. The fourth-order valence-electron chi connectivity index (χ4n) is 2.31. The molecule has 1 aromatic heterocycles. The van der Waals surface area contributed by atoms with Gasteiger partial charge in [0.2, 0.25) is 5.91 Å². The van der Waals surface area contributed by atoms with Gasteiger partial charge in [-0.1, -0.05) is 51.1 Å². The van der Waals surface area contributed by atoms with Gasteiger partial charge in [-0.05, 0) is 5.56 Å². The van der Waals surface area contributed by atoms with Gasteiger partial charge in [0.05, 0.1) is 6.20 Å². The summed E-state index contributed by atoms with van der Waals surface area (Å²) in [5.41, 5.74) is 0.718. The maximum absolute atomic E-state index is 12.1. The number of benzene rings is 1. The highest BCUT2D eigenvalue weighted by Crippen LogP contribution is 2.22. The Morgan fingerprint density at radius 2 is 1.92 bits per heavy atom. The molecule has 6 heteroatoms. The van der Waals surface area contributed by atoms with E-state index in [9.17, 15) is 14.7 Å². The van der Waals surface area contributed by atoms with Crippen LogP contribution >= 0.6 is 0 Å². The Kier molecular flexibility index (Phi) is 5.96. The zero-order valence-corrected chi connectivity index (χ0v) is 14.8. The molecule has 1 amide bonds. The second-order valence-electron chi connectivity index (χ2n) is 7.02. The molecule has 0 bridgehead atoms. The van der Waals surface area contributed by atoms with E-state index in [-0.39, 0.29) is 24.2 Å². The van der Waals surface area contributed by atoms with Crippen molar-refractivity contribution < 1.29 is 19.1 Å². The molecule has 0 radical (unpaired) electrons. The Balaban J connectivity index is 1.89. The summed E-state index contributed by atoms with van der Waals surface area (Å²) in [6, 6.07) is 8.26. The molecule has 1 heterocycles. The highest BCUT2D eigenvalue weighted by atomic mass is 16.4. The Morgan fingerprint density at radius 3 is 2.48 bits per heavy atom. The normalized spacial score (nSPS) is 12.6. The molecule has 25 heavy (non-hydrogen) atoms. The molecule has 0 saturated carbocycles. The SMILES string of the molecule is CC(C)(C)c1cnc(CCC(=O)N[C@H](Cc2ccccc2)C(=O)O)o1. The first-order chi connectivity index (χ1) is 11.8. The number of oxazole rings is 1. The van der Waals surface area contributed by atoms with Crippen LogP contribution < -0.4 is 5.32 Å². The Bertz CT molecular complexity index is 717. The number of carbonyl (C=O) groups excluding carboxylic acids is 1. The van der Waals surface area contributed by atoms with Crippen molar-refractivity contribution in [3.8, 4) is 0 Å². The lowest BCUT2D eigenvalue weighted by Crippen LogP contribution is -2.42. The number of aryl methyl sites for hydroxylation is 1. The van der Waals surface area contributed by atoms with Crippen LogP contribution in [0.5, 0.6) is 0 Å². The number of nitrogens with zero attached hydrogens (tertiary/aromatic N) is 1. The van der Waals surface area contributed by atoms with Gasteiger partial charge in [0.1, 0.15) is 11.8 Å². The highest BCUT2D eigenvalue weighted by molar-refractivity contribution is 5.83. The van der Waals surface area contributed by atoms with Crippen molar-refractivity contribution in [2.45, 2.75) is 51.5 Å². The average Bonchev–Trinajstić information content (AvgIpc) is 3.02. The number of hydrogen-bond donors (Lipinski definition) is 2.